The number of carbonyl (C=O) groups is 1. The quantitative estimate of drug-likeness (QED) is 0.830. The van der Waals surface area contributed by atoms with Crippen LogP contribution < -0.4 is 15.4 Å². The second-order valence-corrected chi connectivity index (χ2v) is 4.72. The van der Waals surface area contributed by atoms with E-state index in [1.54, 1.807) is 36.4 Å². The molecule has 2 rings (SSSR count). The number of amides is 2. The third-order valence-electron chi connectivity index (χ3n) is 2.78. The standard InChI is InChI=1S/C16H14ClN3O2/c17-13-6-2-4-8-15(13)22-10-9-19-16(21)20-14-7-3-1-5-12(14)11-18/h1-8H,9-10H2,(H2,19,20,21). The van der Waals surface area contributed by atoms with Gasteiger partial charge in [0.25, 0.3) is 0 Å². The first-order valence-corrected chi connectivity index (χ1v) is 7.00. The highest BCUT2D eigenvalue weighted by molar-refractivity contribution is 6.32. The lowest BCUT2D eigenvalue weighted by Gasteiger charge is -2.10. The lowest BCUT2D eigenvalue weighted by atomic mass is 10.2. The van der Waals surface area contributed by atoms with E-state index in [2.05, 4.69) is 10.6 Å². The summed E-state index contributed by atoms with van der Waals surface area (Å²) in [6, 6.07) is 15.5. The van der Waals surface area contributed by atoms with Gasteiger partial charge in [-0.05, 0) is 24.3 Å². The number of nitrogens with one attached hydrogen (secondary N) is 2. The Kier molecular flexibility index (Phi) is 5.64. The highest BCUT2D eigenvalue weighted by Crippen LogP contribution is 2.22. The van der Waals surface area contributed by atoms with E-state index in [1.807, 2.05) is 18.2 Å². The molecule has 2 amide bonds. The lowest BCUT2D eigenvalue weighted by Crippen LogP contribution is -2.32. The van der Waals surface area contributed by atoms with Crippen molar-refractivity contribution < 1.29 is 9.53 Å². The average molecular weight is 316 g/mol. The molecule has 0 aliphatic rings. The van der Waals surface area contributed by atoms with Gasteiger partial charge in [-0.2, -0.15) is 5.26 Å². The van der Waals surface area contributed by atoms with Gasteiger partial charge in [-0.3, -0.25) is 0 Å². The van der Waals surface area contributed by atoms with E-state index >= 15 is 0 Å². The van der Waals surface area contributed by atoms with Crippen molar-refractivity contribution in [3.63, 3.8) is 0 Å². The molecule has 0 saturated carbocycles. The van der Waals surface area contributed by atoms with Gasteiger partial charge in [0, 0.05) is 0 Å². The summed E-state index contributed by atoms with van der Waals surface area (Å²) in [5.74, 6) is 0.571. The Hall–Kier alpha value is -2.71. The van der Waals surface area contributed by atoms with Crippen LogP contribution in [0.3, 0.4) is 0 Å². The fraction of sp³-hybridized carbons (Fsp3) is 0.125. The molecule has 2 aromatic carbocycles. The molecular formula is C16H14ClN3O2. The summed E-state index contributed by atoms with van der Waals surface area (Å²) in [4.78, 5) is 11.7. The third-order valence-corrected chi connectivity index (χ3v) is 3.09. The van der Waals surface area contributed by atoms with E-state index in [1.165, 1.54) is 0 Å². The van der Waals surface area contributed by atoms with Crippen molar-refractivity contribution in [2.24, 2.45) is 0 Å². The summed E-state index contributed by atoms with van der Waals surface area (Å²) in [6.07, 6.45) is 0. The molecule has 0 aromatic heterocycles. The van der Waals surface area contributed by atoms with Crippen LogP contribution in [0.2, 0.25) is 5.02 Å². The van der Waals surface area contributed by atoms with Gasteiger partial charge in [-0.15, -0.1) is 0 Å². The maximum Gasteiger partial charge on any atom is 0.319 e. The van der Waals surface area contributed by atoms with Crippen molar-refractivity contribution in [2.45, 2.75) is 0 Å². The Labute approximate surface area is 133 Å². The molecule has 0 spiro atoms. The van der Waals surface area contributed by atoms with Gasteiger partial charge in [0.05, 0.1) is 22.8 Å². The maximum atomic E-state index is 11.7. The van der Waals surface area contributed by atoms with Crippen molar-refractivity contribution in [3.05, 3.63) is 59.1 Å². The molecule has 0 fully saturated rings. The fourth-order valence-electron chi connectivity index (χ4n) is 1.74. The summed E-state index contributed by atoms with van der Waals surface area (Å²) in [5.41, 5.74) is 0.875. The minimum absolute atomic E-state index is 0.289. The SMILES string of the molecule is N#Cc1ccccc1NC(=O)NCCOc1ccccc1Cl. The number of carbonyl (C=O) groups excluding carboxylic acids is 1. The minimum atomic E-state index is -0.398. The van der Waals surface area contributed by atoms with E-state index in [-0.39, 0.29) is 6.61 Å². The Bertz CT molecular complexity index is 698. The predicted octanol–water partition coefficient (Wildman–Crippen LogP) is 3.41. The maximum absolute atomic E-state index is 11.7. The van der Waals surface area contributed by atoms with E-state index in [0.29, 0.717) is 28.6 Å². The zero-order chi connectivity index (χ0) is 15.8. The van der Waals surface area contributed by atoms with Crippen LogP contribution in [-0.2, 0) is 0 Å². The number of benzene rings is 2. The fourth-order valence-corrected chi connectivity index (χ4v) is 1.93. The molecule has 0 atom stereocenters. The number of rotatable bonds is 5. The Morgan fingerprint density at radius 3 is 2.68 bits per heavy atom. The van der Waals surface area contributed by atoms with Gasteiger partial charge in [0.2, 0.25) is 0 Å². The molecule has 0 unspecified atom stereocenters. The average Bonchev–Trinajstić information content (AvgIpc) is 2.53. The Balaban J connectivity index is 1.77. The molecule has 0 saturated heterocycles. The molecule has 0 aliphatic carbocycles. The molecule has 0 aliphatic heterocycles. The molecular weight excluding hydrogens is 302 g/mol. The summed E-state index contributed by atoms with van der Waals surface area (Å²) >= 11 is 5.95. The number of hydrogen-bond donors (Lipinski definition) is 2. The van der Waals surface area contributed by atoms with Crippen molar-refractivity contribution in [3.8, 4) is 11.8 Å². The van der Waals surface area contributed by atoms with Crippen LogP contribution in [0.15, 0.2) is 48.5 Å². The number of para-hydroxylation sites is 2. The van der Waals surface area contributed by atoms with Crippen LogP contribution in [0.4, 0.5) is 10.5 Å². The number of halogens is 1. The Morgan fingerprint density at radius 2 is 1.91 bits per heavy atom. The highest BCUT2D eigenvalue weighted by atomic mass is 35.5. The number of ether oxygens (including phenoxy) is 1. The van der Waals surface area contributed by atoms with Gasteiger partial charge >= 0.3 is 6.03 Å². The van der Waals surface area contributed by atoms with Crippen molar-refractivity contribution in [2.75, 3.05) is 18.5 Å². The summed E-state index contributed by atoms with van der Waals surface area (Å²) in [7, 11) is 0. The van der Waals surface area contributed by atoms with Crippen LogP contribution in [0, 0.1) is 11.3 Å². The van der Waals surface area contributed by atoms with Gasteiger partial charge in [-0.1, -0.05) is 35.9 Å². The lowest BCUT2D eigenvalue weighted by molar-refractivity contribution is 0.247. The second-order valence-electron chi connectivity index (χ2n) is 4.32. The summed E-state index contributed by atoms with van der Waals surface area (Å²) < 4.78 is 5.46. The van der Waals surface area contributed by atoms with Crippen molar-refractivity contribution in [1.29, 1.82) is 5.26 Å². The number of anilines is 1. The molecule has 2 aromatic rings. The smallest absolute Gasteiger partial charge is 0.319 e. The number of nitriles is 1. The molecule has 0 bridgehead atoms. The zero-order valence-electron chi connectivity index (χ0n) is 11.7. The van der Waals surface area contributed by atoms with E-state index < -0.39 is 6.03 Å². The number of urea groups is 1. The highest BCUT2D eigenvalue weighted by Gasteiger charge is 2.05. The third kappa shape index (κ3) is 4.40. The van der Waals surface area contributed by atoms with Crippen LogP contribution in [-0.4, -0.2) is 19.2 Å². The van der Waals surface area contributed by atoms with Crippen molar-refractivity contribution >= 4 is 23.3 Å². The first-order chi connectivity index (χ1) is 10.7. The van der Waals surface area contributed by atoms with Crippen LogP contribution in [0.25, 0.3) is 0 Å². The number of hydrogen-bond acceptors (Lipinski definition) is 3. The zero-order valence-corrected chi connectivity index (χ0v) is 12.4. The monoisotopic (exact) mass is 315 g/mol. The van der Waals surface area contributed by atoms with Crippen LogP contribution in [0.5, 0.6) is 5.75 Å². The number of nitrogens with zero attached hydrogens (tertiary/aromatic N) is 1. The largest absolute Gasteiger partial charge is 0.490 e. The molecule has 112 valence electrons. The molecule has 0 heterocycles. The van der Waals surface area contributed by atoms with Crippen molar-refractivity contribution in [1.82, 2.24) is 5.32 Å². The molecule has 6 heteroatoms. The van der Waals surface area contributed by atoms with Crippen LogP contribution in [0.1, 0.15) is 5.56 Å². The van der Waals surface area contributed by atoms with E-state index in [4.69, 9.17) is 21.6 Å². The summed E-state index contributed by atoms with van der Waals surface area (Å²) in [6.45, 7) is 0.600. The Morgan fingerprint density at radius 1 is 1.18 bits per heavy atom. The van der Waals surface area contributed by atoms with Gasteiger partial charge < -0.3 is 15.4 Å². The first-order valence-electron chi connectivity index (χ1n) is 6.62. The topological polar surface area (TPSA) is 74.2 Å². The predicted molar refractivity (Wildman–Crippen MR) is 85.1 cm³/mol. The molecule has 0 radical (unpaired) electrons. The van der Waals surface area contributed by atoms with Gasteiger partial charge in [0.15, 0.2) is 0 Å². The molecule has 2 N–H and O–H groups in total. The van der Waals surface area contributed by atoms with E-state index in [9.17, 15) is 4.79 Å². The van der Waals surface area contributed by atoms with Gasteiger partial charge in [0.1, 0.15) is 18.4 Å². The van der Waals surface area contributed by atoms with E-state index in [0.717, 1.165) is 0 Å². The second kappa shape index (κ2) is 7.91. The normalized spacial score (nSPS) is 9.64. The molecule has 22 heavy (non-hydrogen) atoms. The molecule has 5 nitrogen and oxygen atoms in total. The first kappa shape index (κ1) is 15.7. The van der Waals surface area contributed by atoms with Gasteiger partial charge in [-0.25, -0.2) is 4.79 Å². The summed E-state index contributed by atoms with van der Waals surface area (Å²) in [5, 5.41) is 14.7. The minimum Gasteiger partial charge on any atom is -0.490 e. The van der Waals surface area contributed by atoms with Crippen LogP contribution >= 0.6 is 11.6 Å².